The minimum Gasteiger partial charge on any atom is -0.463 e. The number of benzene rings is 1. The molecule has 1 unspecified atom stereocenters. The molecule has 2 aliphatic heterocycles. The highest BCUT2D eigenvalue weighted by molar-refractivity contribution is 5.66. The van der Waals surface area contributed by atoms with Gasteiger partial charge in [-0.2, -0.15) is 5.06 Å². The van der Waals surface area contributed by atoms with Gasteiger partial charge in [-0.1, -0.05) is 26.0 Å². The highest BCUT2D eigenvalue weighted by Gasteiger charge is 2.39. The van der Waals surface area contributed by atoms with Gasteiger partial charge in [-0.3, -0.25) is 9.82 Å². The fraction of sp³-hybridized carbons (Fsp3) is 0.500. The molecule has 0 saturated carbocycles. The Morgan fingerprint density at radius 2 is 2.00 bits per heavy atom. The maximum atomic E-state index is 12.0. The van der Waals surface area contributed by atoms with Crippen LogP contribution in [0.3, 0.4) is 0 Å². The first-order valence-electron chi connectivity index (χ1n) is 10.8. The smallest absolute Gasteiger partial charge is 0.432 e. The number of carbonyl (C=O) groups is 1. The fourth-order valence-electron chi connectivity index (χ4n) is 4.99. The summed E-state index contributed by atoms with van der Waals surface area (Å²) in [5.41, 5.74) is 4.61. The molecule has 166 valence electrons. The number of ether oxygens (including phenoxy) is 1. The standard InChI is InChI=1S/C24H31N3O4/c1-24(2)16-26(15-17-6-10-25-11-7-17)21-5-4-19(14-20(21)24)22(27(30-3)23(28)29)18-8-12-31-13-9-18/h4-7,10-11,14,18,22H,8-9,12-13,15-16H2,1-3H3,(H,28,29). The van der Waals surface area contributed by atoms with Gasteiger partial charge in [0.25, 0.3) is 0 Å². The predicted octanol–water partition coefficient (Wildman–Crippen LogP) is 4.39. The average molecular weight is 426 g/mol. The van der Waals surface area contributed by atoms with Crippen molar-refractivity contribution in [2.75, 3.05) is 31.8 Å². The van der Waals surface area contributed by atoms with Crippen LogP contribution in [0.2, 0.25) is 0 Å². The molecule has 1 aromatic carbocycles. The van der Waals surface area contributed by atoms with Gasteiger partial charge in [-0.25, -0.2) is 4.79 Å². The highest BCUT2D eigenvalue weighted by Crippen LogP contribution is 2.44. The molecule has 31 heavy (non-hydrogen) atoms. The van der Waals surface area contributed by atoms with E-state index in [4.69, 9.17) is 9.57 Å². The minimum atomic E-state index is -1.07. The maximum Gasteiger partial charge on any atom is 0.432 e. The molecule has 1 amide bonds. The van der Waals surface area contributed by atoms with E-state index in [2.05, 4.69) is 41.9 Å². The molecular weight excluding hydrogens is 394 g/mol. The summed E-state index contributed by atoms with van der Waals surface area (Å²) < 4.78 is 5.52. The molecule has 1 fully saturated rings. The quantitative estimate of drug-likeness (QED) is 0.692. The molecule has 7 nitrogen and oxygen atoms in total. The van der Waals surface area contributed by atoms with E-state index in [1.54, 1.807) is 0 Å². The molecule has 1 saturated heterocycles. The van der Waals surface area contributed by atoms with Gasteiger partial charge in [0.05, 0.1) is 13.2 Å². The first-order valence-corrected chi connectivity index (χ1v) is 10.8. The van der Waals surface area contributed by atoms with Gasteiger partial charge in [-0.15, -0.1) is 0 Å². The van der Waals surface area contributed by atoms with Gasteiger partial charge in [0.1, 0.15) is 0 Å². The van der Waals surface area contributed by atoms with E-state index in [-0.39, 0.29) is 17.4 Å². The Labute approximate surface area is 183 Å². The van der Waals surface area contributed by atoms with Gasteiger partial charge in [0.15, 0.2) is 0 Å². The lowest BCUT2D eigenvalue weighted by molar-refractivity contribution is -0.153. The van der Waals surface area contributed by atoms with Crippen LogP contribution in [0, 0.1) is 5.92 Å². The molecule has 0 spiro atoms. The largest absolute Gasteiger partial charge is 0.463 e. The molecule has 0 aliphatic carbocycles. The van der Waals surface area contributed by atoms with Crippen LogP contribution in [-0.2, 0) is 21.5 Å². The normalized spacial score (nSPS) is 19.1. The van der Waals surface area contributed by atoms with Crippen LogP contribution in [0.5, 0.6) is 0 Å². The number of anilines is 1. The van der Waals surface area contributed by atoms with E-state index in [0.717, 1.165) is 36.6 Å². The van der Waals surface area contributed by atoms with Crippen LogP contribution < -0.4 is 4.90 Å². The van der Waals surface area contributed by atoms with Crippen molar-refractivity contribution in [1.82, 2.24) is 10.0 Å². The van der Waals surface area contributed by atoms with Gasteiger partial charge >= 0.3 is 6.09 Å². The third-order valence-electron chi connectivity index (χ3n) is 6.49. The first-order chi connectivity index (χ1) is 14.9. The first kappa shape index (κ1) is 21.6. The molecule has 0 bridgehead atoms. The lowest BCUT2D eigenvalue weighted by Crippen LogP contribution is -2.39. The molecule has 7 heteroatoms. The number of carboxylic acid groups (broad SMARTS) is 1. The average Bonchev–Trinajstić information content (AvgIpc) is 3.02. The summed E-state index contributed by atoms with van der Waals surface area (Å²) >= 11 is 0. The van der Waals surface area contributed by atoms with Crippen molar-refractivity contribution in [3.63, 3.8) is 0 Å². The number of aromatic nitrogens is 1. The third kappa shape index (κ3) is 4.38. The van der Waals surface area contributed by atoms with Gasteiger partial charge in [0.2, 0.25) is 0 Å². The van der Waals surface area contributed by atoms with E-state index in [1.165, 1.54) is 23.9 Å². The molecule has 1 atom stereocenters. The Balaban J connectivity index is 1.69. The second-order valence-corrected chi connectivity index (χ2v) is 9.06. The number of hydrogen-bond donors (Lipinski definition) is 1. The van der Waals surface area contributed by atoms with Crippen LogP contribution in [0.15, 0.2) is 42.7 Å². The fourth-order valence-corrected chi connectivity index (χ4v) is 4.99. The summed E-state index contributed by atoms with van der Waals surface area (Å²) in [7, 11) is 1.42. The summed E-state index contributed by atoms with van der Waals surface area (Å²) in [6, 6.07) is 10.1. The second-order valence-electron chi connectivity index (χ2n) is 9.06. The van der Waals surface area contributed by atoms with Crippen molar-refractivity contribution in [1.29, 1.82) is 0 Å². The van der Waals surface area contributed by atoms with Gasteiger partial charge < -0.3 is 14.7 Å². The summed E-state index contributed by atoms with van der Waals surface area (Å²) in [5.74, 6) is 0.153. The molecule has 4 rings (SSSR count). The molecule has 1 aromatic heterocycles. The van der Waals surface area contributed by atoms with E-state index in [1.807, 2.05) is 24.5 Å². The molecule has 2 aliphatic rings. The number of pyridine rings is 1. The summed E-state index contributed by atoms with van der Waals surface area (Å²) in [6.07, 6.45) is 4.20. The van der Waals surface area contributed by atoms with Crippen LogP contribution in [0.4, 0.5) is 10.5 Å². The predicted molar refractivity (Wildman–Crippen MR) is 118 cm³/mol. The van der Waals surface area contributed by atoms with Crippen LogP contribution in [0.25, 0.3) is 0 Å². The van der Waals surface area contributed by atoms with Crippen molar-refractivity contribution in [3.8, 4) is 0 Å². The Hall–Kier alpha value is -2.64. The summed E-state index contributed by atoms with van der Waals surface area (Å²) in [5, 5.41) is 10.9. The lowest BCUT2D eigenvalue weighted by Gasteiger charge is -2.36. The van der Waals surface area contributed by atoms with Crippen molar-refractivity contribution < 1.29 is 19.5 Å². The topological polar surface area (TPSA) is 75.1 Å². The molecule has 0 radical (unpaired) electrons. The molecule has 3 heterocycles. The zero-order chi connectivity index (χ0) is 22.0. The monoisotopic (exact) mass is 425 g/mol. The Morgan fingerprint density at radius 3 is 2.65 bits per heavy atom. The van der Waals surface area contributed by atoms with Crippen molar-refractivity contribution >= 4 is 11.8 Å². The highest BCUT2D eigenvalue weighted by atomic mass is 16.7. The van der Waals surface area contributed by atoms with Gasteiger partial charge in [-0.05, 0) is 53.6 Å². The zero-order valence-electron chi connectivity index (χ0n) is 18.5. The summed E-state index contributed by atoms with van der Waals surface area (Å²) in [6.45, 7) is 7.51. The van der Waals surface area contributed by atoms with E-state index < -0.39 is 6.09 Å². The third-order valence-corrected chi connectivity index (χ3v) is 6.49. The number of nitrogens with zero attached hydrogens (tertiary/aromatic N) is 3. The Bertz CT molecular complexity index is 912. The number of amides is 1. The van der Waals surface area contributed by atoms with Crippen LogP contribution in [-0.4, -0.2) is 48.1 Å². The van der Waals surface area contributed by atoms with E-state index in [9.17, 15) is 9.90 Å². The lowest BCUT2D eigenvalue weighted by atomic mass is 9.82. The van der Waals surface area contributed by atoms with Crippen LogP contribution >= 0.6 is 0 Å². The van der Waals surface area contributed by atoms with Crippen molar-refractivity contribution in [2.45, 2.75) is 44.7 Å². The van der Waals surface area contributed by atoms with Crippen molar-refractivity contribution in [3.05, 3.63) is 59.4 Å². The zero-order valence-corrected chi connectivity index (χ0v) is 18.5. The summed E-state index contributed by atoms with van der Waals surface area (Å²) in [4.78, 5) is 23.8. The molecular formula is C24H31N3O4. The number of hydrogen-bond acceptors (Lipinski definition) is 5. The number of fused-ring (bicyclic) bond motifs is 1. The molecule has 2 aromatic rings. The van der Waals surface area contributed by atoms with Crippen LogP contribution in [0.1, 0.15) is 49.4 Å². The maximum absolute atomic E-state index is 12.0. The second kappa shape index (κ2) is 8.85. The number of hydroxylamine groups is 2. The molecule has 1 N–H and O–H groups in total. The minimum absolute atomic E-state index is 0.0419. The van der Waals surface area contributed by atoms with Crippen molar-refractivity contribution in [2.24, 2.45) is 5.92 Å². The Morgan fingerprint density at radius 1 is 1.29 bits per heavy atom. The number of rotatable bonds is 6. The SMILES string of the molecule is CON(C(=O)O)C(c1ccc2c(c1)C(C)(C)CN2Cc1ccncc1)C1CCOCC1. The van der Waals surface area contributed by atoms with E-state index in [0.29, 0.717) is 13.2 Å². The van der Waals surface area contributed by atoms with Gasteiger partial charge in [0, 0.05) is 49.8 Å². The van der Waals surface area contributed by atoms with E-state index >= 15 is 0 Å². The Kier molecular flexibility index (Phi) is 6.16.